The molecule has 2 aromatic rings. The van der Waals surface area contributed by atoms with Crippen LogP contribution in [-0.4, -0.2) is 14.9 Å². The van der Waals surface area contributed by atoms with Crippen molar-refractivity contribution in [2.24, 2.45) is 7.05 Å². The highest BCUT2D eigenvalue weighted by atomic mass is 127. The lowest BCUT2D eigenvalue weighted by atomic mass is 10.1. The van der Waals surface area contributed by atoms with E-state index < -0.39 is 6.10 Å². The van der Waals surface area contributed by atoms with Gasteiger partial charge in [-0.1, -0.05) is 17.7 Å². The van der Waals surface area contributed by atoms with Crippen molar-refractivity contribution in [2.45, 2.75) is 6.10 Å². The minimum Gasteiger partial charge on any atom is -0.382 e. The molecule has 17 heavy (non-hydrogen) atoms. The second-order valence-electron chi connectivity index (χ2n) is 3.57. The first-order chi connectivity index (χ1) is 8.00. The number of aryl methyl sites for hydroxylation is 1. The third kappa shape index (κ3) is 2.46. The maximum Gasteiger partial charge on any atom is 0.124 e. The monoisotopic (exact) mass is 366 g/mol. The van der Waals surface area contributed by atoms with E-state index in [1.165, 1.54) is 23.0 Å². The van der Waals surface area contributed by atoms with Gasteiger partial charge in [-0.2, -0.15) is 5.10 Å². The van der Waals surface area contributed by atoms with Crippen LogP contribution in [0.1, 0.15) is 17.4 Å². The van der Waals surface area contributed by atoms with Crippen LogP contribution in [-0.2, 0) is 7.05 Å². The van der Waals surface area contributed by atoms with Crippen molar-refractivity contribution in [3.05, 3.63) is 50.1 Å². The van der Waals surface area contributed by atoms with Gasteiger partial charge < -0.3 is 5.11 Å². The molecule has 6 heteroatoms. The Morgan fingerprint density at radius 3 is 2.76 bits per heavy atom. The van der Waals surface area contributed by atoms with E-state index in [0.29, 0.717) is 19.9 Å². The molecule has 0 spiro atoms. The van der Waals surface area contributed by atoms with Gasteiger partial charge in [-0.25, -0.2) is 4.39 Å². The Hall–Kier alpha value is -0.660. The molecule has 1 unspecified atom stereocenters. The summed E-state index contributed by atoms with van der Waals surface area (Å²) in [6.45, 7) is 0. The predicted molar refractivity (Wildman–Crippen MR) is 71.4 cm³/mol. The van der Waals surface area contributed by atoms with Gasteiger partial charge in [0, 0.05) is 16.2 Å². The number of nitrogens with zero attached hydrogens (tertiary/aromatic N) is 2. The Morgan fingerprint density at radius 2 is 2.24 bits per heavy atom. The minimum atomic E-state index is -0.914. The number of aliphatic hydroxyl groups is 1. The lowest BCUT2D eigenvalue weighted by Gasteiger charge is -2.14. The number of hydrogen-bond acceptors (Lipinski definition) is 2. The van der Waals surface area contributed by atoms with Crippen LogP contribution in [0.25, 0.3) is 0 Å². The Morgan fingerprint density at radius 1 is 1.53 bits per heavy atom. The molecule has 0 bridgehead atoms. The van der Waals surface area contributed by atoms with Gasteiger partial charge in [0.25, 0.3) is 0 Å². The molecule has 3 nitrogen and oxygen atoms in total. The van der Waals surface area contributed by atoms with Crippen molar-refractivity contribution in [3.63, 3.8) is 0 Å². The van der Waals surface area contributed by atoms with E-state index in [0.717, 1.165) is 0 Å². The normalized spacial score (nSPS) is 12.8. The first-order valence-electron chi connectivity index (χ1n) is 4.81. The van der Waals surface area contributed by atoms with Crippen LogP contribution < -0.4 is 0 Å². The highest BCUT2D eigenvalue weighted by Gasteiger charge is 2.20. The zero-order chi connectivity index (χ0) is 12.6. The molecule has 90 valence electrons. The Kier molecular flexibility index (Phi) is 3.70. The van der Waals surface area contributed by atoms with Crippen LogP contribution >= 0.6 is 34.2 Å². The van der Waals surface area contributed by atoms with Crippen molar-refractivity contribution in [1.29, 1.82) is 0 Å². The van der Waals surface area contributed by atoms with Crippen molar-refractivity contribution >= 4 is 34.2 Å². The molecule has 1 aromatic heterocycles. The van der Waals surface area contributed by atoms with Crippen molar-refractivity contribution in [1.82, 2.24) is 9.78 Å². The largest absolute Gasteiger partial charge is 0.382 e. The SMILES string of the molecule is Cn1ncc(Cl)c1C(O)c1ccc(F)cc1I. The summed E-state index contributed by atoms with van der Waals surface area (Å²) in [5, 5.41) is 14.6. The Balaban J connectivity index is 2.47. The third-order valence-electron chi connectivity index (χ3n) is 2.45. The van der Waals surface area contributed by atoms with Gasteiger partial charge in [0.15, 0.2) is 0 Å². The molecular weight excluding hydrogens is 357 g/mol. The number of rotatable bonds is 2. The van der Waals surface area contributed by atoms with E-state index in [1.54, 1.807) is 13.1 Å². The molecule has 0 aliphatic rings. The molecule has 1 atom stereocenters. The number of aromatic nitrogens is 2. The molecule has 0 saturated heterocycles. The summed E-state index contributed by atoms with van der Waals surface area (Å²) >= 11 is 7.93. The molecular formula is C11H9ClFIN2O. The van der Waals surface area contributed by atoms with Crippen LogP contribution in [0.15, 0.2) is 24.4 Å². The smallest absolute Gasteiger partial charge is 0.124 e. The molecule has 1 N–H and O–H groups in total. The first kappa shape index (κ1) is 12.8. The van der Waals surface area contributed by atoms with Crippen LogP contribution in [0.2, 0.25) is 5.02 Å². The zero-order valence-corrected chi connectivity index (χ0v) is 11.8. The second-order valence-corrected chi connectivity index (χ2v) is 5.14. The maximum absolute atomic E-state index is 13.0. The van der Waals surface area contributed by atoms with E-state index in [9.17, 15) is 9.50 Å². The second kappa shape index (κ2) is 4.91. The fourth-order valence-corrected chi connectivity index (χ4v) is 2.64. The molecule has 1 heterocycles. The number of benzene rings is 1. The summed E-state index contributed by atoms with van der Waals surface area (Å²) in [7, 11) is 1.70. The summed E-state index contributed by atoms with van der Waals surface area (Å²) in [5.41, 5.74) is 1.11. The average Bonchev–Trinajstić information content (AvgIpc) is 2.58. The summed E-state index contributed by atoms with van der Waals surface area (Å²) in [4.78, 5) is 0. The van der Waals surface area contributed by atoms with E-state index in [-0.39, 0.29) is 5.82 Å². The molecule has 1 aromatic carbocycles. The van der Waals surface area contributed by atoms with Gasteiger partial charge in [-0.15, -0.1) is 0 Å². The minimum absolute atomic E-state index is 0.332. The average molecular weight is 367 g/mol. The van der Waals surface area contributed by atoms with Gasteiger partial charge in [0.2, 0.25) is 0 Å². The molecule has 0 aliphatic carbocycles. The van der Waals surface area contributed by atoms with Gasteiger partial charge in [0.05, 0.1) is 16.9 Å². The fraction of sp³-hybridized carbons (Fsp3) is 0.182. The Bertz CT molecular complexity index is 539. The van der Waals surface area contributed by atoms with Crippen LogP contribution in [0, 0.1) is 9.39 Å². The van der Waals surface area contributed by atoms with Crippen molar-refractivity contribution in [3.8, 4) is 0 Å². The van der Waals surface area contributed by atoms with E-state index in [1.807, 2.05) is 22.6 Å². The Labute approximate surface area is 116 Å². The zero-order valence-electron chi connectivity index (χ0n) is 8.86. The first-order valence-corrected chi connectivity index (χ1v) is 6.26. The van der Waals surface area contributed by atoms with E-state index in [2.05, 4.69) is 5.10 Å². The van der Waals surface area contributed by atoms with Gasteiger partial charge in [-0.3, -0.25) is 4.68 Å². The lowest BCUT2D eigenvalue weighted by molar-refractivity contribution is 0.209. The molecule has 0 aliphatic heterocycles. The summed E-state index contributed by atoms with van der Waals surface area (Å²) in [5.74, 6) is -0.332. The molecule has 0 saturated carbocycles. The highest BCUT2D eigenvalue weighted by Crippen LogP contribution is 2.30. The summed E-state index contributed by atoms with van der Waals surface area (Å²) < 4.78 is 15.1. The number of halogens is 3. The highest BCUT2D eigenvalue weighted by molar-refractivity contribution is 14.1. The van der Waals surface area contributed by atoms with E-state index in [4.69, 9.17) is 11.6 Å². The van der Waals surface area contributed by atoms with Crippen LogP contribution in [0.4, 0.5) is 4.39 Å². The molecule has 0 radical (unpaired) electrons. The van der Waals surface area contributed by atoms with Gasteiger partial charge in [0.1, 0.15) is 11.9 Å². The number of hydrogen-bond donors (Lipinski definition) is 1. The third-order valence-corrected chi connectivity index (χ3v) is 3.68. The summed E-state index contributed by atoms with van der Waals surface area (Å²) in [6.07, 6.45) is 0.554. The van der Waals surface area contributed by atoms with Crippen LogP contribution in [0.5, 0.6) is 0 Å². The van der Waals surface area contributed by atoms with E-state index >= 15 is 0 Å². The standard InChI is InChI=1S/C11H9ClFIN2O/c1-16-10(8(12)5-15-16)11(17)7-3-2-6(13)4-9(7)14/h2-5,11,17H,1H3. The topological polar surface area (TPSA) is 38.0 Å². The van der Waals surface area contributed by atoms with Crippen LogP contribution in [0.3, 0.4) is 0 Å². The molecule has 0 fully saturated rings. The van der Waals surface area contributed by atoms with Crippen molar-refractivity contribution in [2.75, 3.05) is 0 Å². The molecule has 2 rings (SSSR count). The fourth-order valence-electron chi connectivity index (χ4n) is 1.60. The molecule has 0 amide bonds. The van der Waals surface area contributed by atoms with Gasteiger partial charge in [-0.05, 0) is 34.7 Å². The van der Waals surface area contributed by atoms with Gasteiger partial charge >= 0.3 is 0 Å². The van der Waals surface area contributed by atoms with Crippen molar-refractivity contribution < 1.29 is 9.50 Å². The predicted octanol–water partition coefficient (Wildman–Crippen LogP) is 2.90. The quantitative estimate of drug-likeness (QED) is 0.830. The lowest BCUT2D eigenvalue weighted by Crippen LogP contribution is -2.08. The summed E-state index contributed by atoms with van der Waals surface area (Å²) in [6, 6.07) is 4.22. The number of aliphatic hydroxyl groups excluding tert-OH is 1. The maximum atomic E-state index is 13.0.